The molecule has 0 bridgehead atoms. The summed E-state index contributed by atoms with van der Waals surface area (Å²) in [6.07, 6.45) is 0.394. The third-order valence-electron chi connectivity index (χ3n) is 4.74. The van der Waals surface area contributed by atoms with Crippen LogP contribution in [0.3, 0.4) is 0 Å². The Bertz CT molecular complexity index is 1170. The Morgan fingerprint density at radius 2 is 1.41 bits per heavy atom. The first-order chi connectivity index (χ1) is 15.2. The maximum atomic E-state index is 14.5. The Kier molecular flexibility index (Phi) is 7.09. The molecule has 0 saturated carbocycles. The van der Waals surface area contributed by atoms with E-state index in [1.54, 1.807) is 30.3 Å². The van der Waals surface area contributed by atoms with Crippen molar-refractivity contribution in [2.45, 2.75) is 25.9 Å². The minimum absolute atomic E-state index is 0.225. The minimum atomic E-state index is -5.13. The summed E-state index contributed by atoms with van der Waals surface area (Å²) >= 11 is 0. The highest BCUT2D eigenvalue weighted by molar-refractivity contribution is 5.65. The maximum Gasteiger partial charge on any atom is 0.422 e. The van der Waals surface area contributed by atoms with Crippen LogP contribution in [0.5, 0.6) is 0 Å². The summed E-state index contributed by atoms with van der Waals surface area (Å²) in [4.78, 5) is 0. The fourth-order valence-corrected chi connectivity index (χ4v) is 3.16. The van der Waals surface area contributed by atoms with E-state index in [1.807, 2.05) is 25.1 Å². The first-order valence-electron chi connectivity index (χ1n) is 9.77. The van der Waals surface area contributed by atoms with Crippen LogP contribution in [0.25, 0.3) is 11.1 Å². The summed E-state index contributed by atoms with van der Waals surface area (Å²) in [5.41, 5.74) is 0.227. The maximum absolute atomic E-state index is 14.5. The van der Waals surface area contributed by atoms with E-state index in [0.29, 0.717) is 28.8 Å². The van der Waals surface area contributed by atoms with Crippen LogP contribution in [0.1, 0.15) is 35.6 Å². The number of allylic oxidation sites excluding steroid dienone is 2. The molecule has 0 heterocycles. The molecule has 0 nitrogen and oxygen atoms in total. The van der Waals surface area contributed by atoms with E-state index in [0.717, 1.165) is 18.4 Å². The van der Waals surface area contributed by atoms with Crippen LogP contribution in [-0.2, 0) is 12.6 Å². The summed E-state index contributed by atoms with van der Waals surface area (Å²) in [6, 6.07) is 12.6. The predicted molar refractivity (Wildman–Crippen MR) is 112 cm³/mol. The van der Waals surface area contributed by atoms with Gasteiger partial charge in [0.25, 0.3) is 0 Å². The van der Waals surface area contributed by atoms with Gasteiger partial charge in [-0.2, -0.15) is 13.2 Å². The van der Waals surface area contributed by atoms with Crippen molar-refractivity contribution >= 4 is 0 Å². The Balaban J connectivity index is 1.79. The molecule has 0 spiro atoms. The van der Waals surface area contributed by atoms with E-state index >= 15 is 0 Å². The molecule has 0 aliphatic heterocycles. The summed E-state index contributed by atoms with van der Waals surface area (Å²) in [7, 11) is 0. The van der Waals surface area contributed by atoms with Gasteiger partial charge in [0.1, 0.15) is 23.0 Å². The molecule has 3 rings (SSSR count). The van der Waals surface area contributed by atoms with Crippen LogP contribution in [0, 0.1) is 29.3 Å². The van der Waals surface area contributed by atoms with Crippen molar-refractivity contribution in [1.82, 2.24) is 0 Å². The molecular weight excluding hydrogens is 426 g/mol. The number of benzene rings is 3. The van der Waals surface area contributed by atoms with Crippen LogP contribution >= 0.6 is 0 Å². The average molecular weight is 444 g/mol. The van der Waals surface area contributed by atoms with Gasteiger partial charge in [-0.05, 0) is 61.2 Å². The Morgan fingerprint density at radius 3 is 1.97 bits per heavy atom. The van der Waals surface area contributed by atoms with Crippen LogP contribution in [0.4, 0.5) is 26.3 Å². The van der Waals surface area contributed by atoms with Crippen molar-refractivity contribution in [3.05, 3.63) is 106 Å². The van der Waals surface area contributed by atoms with Crippen LogP contribution in [-0.4, -0.2) is 0 Å². The minimum Gasteiger partial charge on any atom is -0.206 e. The predicted octanol–water partition coefficient (Wildman–Crippen LogP) is 7.70. The first kappa shape index (κ1) is 23.2. The molecule has 3 aromatic rings. The number of hydrogen-bond donors (Lipinski definition) is 0. The van der Waals surface area contributed by atoms with E-state index in [2.05, 4.69) is 11.8 Å². The first-order valence-corrected chi connectivity index (χ1v) is 9.77. The number of alkyl halides is 3. The van der Waals surface area contributed by atoms with Gasteiger partial charge >= 0.3 is 6.18 Å². The molecule has 0 amide bonds. The zero-order valence-electron chi connectivity index (χ0n) is 17.0. The molecule has 0 N–H and O–H groups in total. The Hall–Kier alpha value is -3.46. The van der Waals surface area contributed by atoms with E-state index in [1.165, 1.54) is 6.07 Å². The average Bonchev–Trinajstić information content (AvgIpc) is 2.71. The molecular formula is C26H18F6. The molecule has 0 aliphatic rings. The molecule has 6 heteroatoms. The molecule has 0 atom stereocenters. The standard InChI is InChI=1S/C26H18F6/c1-2-3-4-5-18-10-13-21(22(27)14-18)20-11-8-17(9-12-20)6-7-19-15-23(28)25(24(29)16-19)26(30,31)32/h2-3,8-16H,4-5H2,1H3/b3-2+. The summed E-state index contributed by atoms with van der Waals surface area (Å²) in [5.74, 6) is 1.30. The molecule has 164 valence electrons. The summed E-state index contributed by atoms with van der Waals surface area (Å²) in [6.45, 7) is 1.93. The lowest BCUT2D eigenvalue weighted by atomic mass is 10.00. The number of hydrogen-bond acceptors (Lipinski definition) is 0. The fraction of sp³-hybridized carbons (Fsp3) is 0.154. The largest absolute Gasteiger partial charge is 0.422 e. The second kappa shape index (κ2) is 9.78. The molecule has 0 fully saturated rings. The molecule has 3 aromatic carbocycles. The molecule has 0 saturated heterocycles. The molecule has 0 unspecified atom stereocenters. The van der Waals surface area contributed by atoms with E-state index < -0.39 is 23.4 Å². The van der Waals surface area contributed by atoms with Crippen LogP contribution in [0.2, 0.25) is 0 Å². The van der Waals surface area contributed by atoms with Gasteiger partial charge in [-0.1, -0.05) is 48.3 Å². The van der Waals surface area contributed by atoms with E-state index in [4.69, 9.17) is 0 Å². The van der Waals surface area contributed by atoms with Gasteiger partial charge in [0.15, 0.2) is 0 Å². The van der Waals surface area contributed by atoms with Crippen LogP contribution in [0.15, 0.2) is 66.7 Å². The zero-order chi connectivity index (χ0) is 23.3. The molecule has 0 aliphatic carbocycles. The van der Waals surface area contributed by atoms with Gasteiger partial charge in [-0.25, -0.2) is 13.2 Å². The van der Waals surface area contributed by atoms with E-state index in [-0.39, 0.29) is 11.4 Å². The highest BCUT2D eigenvalue weighted by Gasteiger charge is 2.37. The van der Waals surface area contributed by atoms with Gasteiger partial charge in [-0.15, -0.1) is 0 Å². The zero-order valence-corrected chi connectivity index (χ0v) is 17.0. The summed E-state index contributed by atoms with van der Waals surface area (Å²) in [5, 5.41) is 0. The van der Waals surface area contributed by atoms with Gasteiger partial charge < -0.3 is 0 Å². The number of halogens is 6. The normalized spacial score (nSPS) is 11.5. The van der Waals surface area contributed by atoms with Crippen molar-refractivity contribution in [1.29, 1.82) is 0 Å². The summed E-state index contributed by atoms with van der Waals surface area (Å²) < 4.78 is 79.8. The van der Waals surface area contributed by atoms with Crippen molar-refractivity contribution in [3.63, 3.8) is 0 Å². The smallest absolute Gasteiger partial charge is 0.206 e. The third-order valence-corrected chi connectivity index (χ3v) is 4.74. The highest BCUT2D eigenvalue weighted by atomic mass is 19.4. The second-order valence-corrected chi connectivity index (χ2v) is 7.06. The fourth-order valence-electron chi connectivity index (χ4n) is 3.16. The quantitative estimate of drug-likeness (QED) is 0.220. The van der Waals surface area contributed by atoms with E-state index in [9.17, 15) is 26.3 Å². The lowest BCUT2D eigenvalue weighted by molar-refractivity contribution is -0.142. The van der Waals surface area contributed by atoms with Crippen LogP contribution < -0.4 is 0 Å². The van der Waals surface area contributed by atoms with Gasteiger partial charge in [0.2, 0.25) is 0 Å². The number of rotatable bonds is 4. The van der Waals surface area contributed by atoms with Crippen molar-refractivity contribution in [3.8, 4) is 23.0 Å². The topological polar surface area (TPSA) is 0 Å². The Morgan fingerprint density at radius 1 is 0.781 bits per heavy atom. The lowest BCUT2D eigenvalue weighted by Crippen LogP contribution is -2.11. The van der Waals surface area contributed by atoms with Gasteiger partial charge in [0.05, 0.1) is 0 Å². The van der Waals surface area contributed by atoms with Crippen molar-refractivity contribution in [2.75, 3.05) is 0 Å². The number of aryl methyl sites for hydroxylation is 1. The van der Waals surface area contributed by atoms with Crippen molar-refractivity contribution in [2.24, 2.45) is 0 Å². The molecule has 32 heavy (non-hydrogen) atoms. The second-order valence-electron chi connectivity index (χ2n) is 7.06. The SMILES string of the molecule is C/C=C/CCc1ccc(-c2ccc(C#Cc3cc(F)c(C(F)(F)F)c(F)c3)cc2)c(F)c1. The lowest BCUT2D eigenvalue weighted by Gasteiger charge is -2.09. The van der Waals surface area contributed by atoms with Gasteiger partial charge in [-0.3, -0.25) is 0 Å². The van der Waals surface area contributed by atoms with Crippen molar-refractivity contribution < 1.29 is 26.3 Å². The third kappa shape index (κ3) is 5.61. The highest BCUT2D eigenvalue weighted by Crippen LogP contribution is 2.34. The molecule has 0 radical (unpaired) electrons. The Labute approximate surface area is 182 Å². The molecule has 0 aromatic heterocycles. The van der Waals surface area contributed by atoms with Gasteiger partial charge in [0, 0.05) is 16.7 Å². The monoisotopic (exact) mass is 444 g/mol.